The zero-order chi connectivity index (χ0) is 14.0. The van der Waals surface area contributed by atoms with Crippen molar-refractivity contribution in [3.63, 3.8) is 0 Å². The molecule has 5 nitrogen and oxygen atoms in total. The van der Waals surface area contributed by atoms with E-state index in [1.807, 2.05) is 0 Å². The summed E-state index contributed by atoms with van der Waals surface area (Å²) in [6.07, 6.45) is 1.44. The van der Waals surface area contributed by atoms with Crippen LogP contribution >= 0.6 is 0 Å². The quantitative estimate of drug-likeness (QED) is 0.774. The Labute approximate surface area is 109 Å². The van der Waals surface area contributed by atoms with Gasteiger partial charge in [0.05, 0.1) is 11.5 Å². The van der Waals surface area contributed by atoms with Gasteiger partial charge in [-0.25, -0.2) is 4.39 Å². The molecule has 6 heteroatoms. The van der Waals surface area contributed by atoms with Crippen molar-refractivity contribution in [2.24, 2.45) is 5.92 Å². The molecule has 0 heterocycles. The number of carbonyl (C=O) groups excluding carboxylic acids is 1. The van der Waals surface area contributed by atoms with Crippen molar-refractivity contribution < 1.29 is 24.2 Å². The molecule has 102 valence electrons. The predicted octanol–water partition coefficient (Wildman–Crippen LogP) is 1.51. The number of hydrogen-bond acceptors (Lipinski definition) is 3. The number of benzene rings is 1. The molecule has 1 aromatic rings. The van der Waals surface area contributed by atoms with Crippen LogP contribution in [0.3, 0.4) is 0 Å². The predicted molar refractivity (Wildman–Crippen MR) is 64.3 cm³/mol. The van der Waals surface area contributed by atoms with Crippen LogP contribution in [-0.4, -0.2) is 28.1 Å². The summed E-state index contributed by atoms with van der Waals surface area (Å²) in [5.41, 5.74) is -0.140. The van der Waals surface area contributed by atoms with Crippen LogP contribution in [0.15, 0.2) is 18.2 Å². The molecule has 1 aliphatic rings. The normalized spacial score (nSPS) is 22.2. The van der Waals surface area contributed by atoms with Gasteiger partial charge in [0.1, 0.15) is 11.6 Å². The molecule has 1 amide bonds. The summed E-state index contributed by atoms with van der Waals surface area (Å²) in [5.74, 6) is -2.82. The van der Waals surface area contributed by atoms with Crippen LogP contribution in [0.25, 0.3) is 0 Å². The van der Waals surface area contributed by atoms with E-state index in [4.69, 9.17) is 5.11 Å². The number of nitrogens with one attached hydrogen (secondary N) is 1. The van der Waals surface area contributed by atoms with Gasteiger partial charge < -0.3 is 15.5 Å². The second-order valence-electron chi connectivity index (χ2n) is 4.68. The van der Waals surface area contributed by atoms with Gasteiger partial charge in [0.25, 0.3) is 5.91 Å². The summed E-state index contributed by atoms with van der Waals surface area (Å²) in [6.45, 7) is 0. The Morgan fingerprint density at radius 2 is 2.05 bits per heavy atom. The van der Waals surface area contributed by atoms with Gasteiger partial charge in [-0.05, 0) is 37.5 Å². The van der Waals surface area contributed by atoms with Gasteiger partial charge in [0.15, 0.2) is 0 Å². The van der Waals surface area contributed by atoms with Gasteiger partial charge in [0.2, 0.25) is 0 Å². The van der Waals surface area contributed by atoms with Crippen LogP contribution in [0.1, 0.15) is 29.6 Å². The number of rotatable bonds is 3. The molecule has 0 aliphatic heterocycles. The molecule has 0 saturated heterocycles. The van der Waals surface area contributed by atoms with Crippen LogP contribution in [0.2, 0.25) is 0 Å². The number of halogens is 1. The van der Waals surface area contributed by atoms with Gasteiger partial charge in [-0.3, -0.25) is 9.59 Å². The zero-order valence-electron chi connectivity index (χ0n) is 10.1. The molecule has 3 N–H and O–H groups in total. The molecule has 0 unspecified atom stereocenters. The van der Waals surface area contributed by atoms with E-state index in [-0.39, 0.29) is 17.4 Å². The topological polar surface area (TPSA) is 86.6 Å². The third-order valence-corrected chi connectivity index (χ3v) is 3.32. The molecule has 2 rings (SSSR count). The average Bonchev–Trinajstić information content (AvgIpc) is 2.80. The number of carboxylic acid groups (broad SMARTS) is 1. The Kier molecular flexibility index (Phi) is 3.69. The number of phenols is 1. The van der Waals surface area contributed by atoms with Crippen LogP contribution in [-0.2, 0) is 4.79 Å². The Bertz CT molecular complexity index is 517. The molecular weight excluding hydrogens is 253 g/mol. The number of carboxylic acids is 1. The van der Waals surface area contributed by atoms with Crippen LogP contribution in [0.4, 0.5) is 4.39 Å². The summed E-state index contributed by atoms with van der Waals surface area (Å²) >= 11 is 0. The standard InChI is InChI=1S/C13H14FNO4/c14-8-2-4-11(16)10(6-8)12(17)15-9-3-1-7(5-9)13(18)19/h2,4,6-7,9,16H,1,3,5H2,(H,15,17)(H,18,19)/t7-,9+/m1/s1. The SMILES string of the molecule is O=C(N[C@H]1CC[C@@H](C(=O)O)C1)c1cc(F)ccc1O. The van der Waals surface area contributed by atoms with Crippen molar-refractivity contribution in [2.75, 3.05) is 0 Å². The lowest BCUT2D eigenvalue weighted by Crippen LogP contribution is -2.33. The number of aliphatic carboxylic acids is 1. The monoisotopic (exact) mass is 267 g/mol. The minimum Gasteiger partial charge on any atom is -0.507 e. The molecule has 0 radical (unpaired) electrons. The van der Waals surface area contributed by atoms with Gasteiger partial charge in [-0.15, -0.1) is 0 Å². The first-order valence-corrected chi connectivity index (χ1v) is 5.99. The highest BCUT2D eigenvalue weighted by molar-refractivity contribution is 5.97. The first kappa shape index (κ1) is 13.3. The average molecular weight is 267 g/mol. The molecule has 1 saturated carbocycles. The summed E-state index contributed by atoms with van der Waals surface area (Å²) in [5, 5.41) is 21.0. The third kappa shape index (κ3) is 3.01. The van der Waals surface area contributed by atoms with E-state index < -0.39 is 23.6 Å². The van der Waals surface area contributed by atoms with Crippen molar-refractivity contribution >= 4 is 11.9 Å². The minimum absolute atomic E-state index is 0.140. The molecule has 1 aliphatic carbocycles. The Morgan fingerprint density at radius 3 is 2.68 bits per heavy atom. The van der Waals surface area contributed by atoms with E-state index in [9.17, 15) is 19.1 Å². The highest BCUT2D eigenvalue weighted by Crippen LogP contribution is 2.26. The van der Waals surface area contributed by atoms with Crippen molar-refractivity contribution in [2.45, 2.75) is 25.3 Å². The van der Waals surface area contributed by atoms with E-state index >= 15 is 0 Å². The minimum atomic E-state index is -0.870. The lowest BCUT2D eigenvalue weighted by molar-refractivity contribution is -0.141. The Hall–Kier alpha value is -2.11. The highest BCUT2D eigenvalue weighted by atomic mass is 19.1. The fourth-order valence-electron chi connectivity index (χ4n) is 2.29. The van der Waals surface area contributed by atoms with Gasteiger partial charge >= 0.3 is 5.97 Å². The maximum Gasteiger partial charge on any atom is 0.306 e. The number of hydrogen-bond donors (Lipinski definition) is 3. The van der Waals surface area contributed by atoms with Crippen molar-refractivity contribution in [3.8, 4) is 5.75 Å². The molecule has 2 atom stereocenters. The van der Waals surface area contributed by atoms with Crippen LogP contribution in [0, 0.1) is 11.7 Å². The number of aromatic hydroxyl groups is 1. The highest BCUT2D eigenvalue weighted by Gasteiger charge is 2.31. The summed E-state index contributed by atoms with van der Waals surface area (Å²) in [4.78, 5) is 22.7. The first-order valence-electron chi connectivity index (χ1n) is 5.99. The van der Waals surface area contributed by atoms with Gasteiger partial charge in [-0.2, -0.15) is 0 Å². The molecular formula is C13H14FNO4. The molecule has 1 aromatic carbocycles. The van der Waals surface area contributed by atoms with Gasteiger partial charge in [0, 0.05) is 6.04 Å². The third-order valence-electron chi connectivity index (χ3n) is 3.32. The Balaban J connectivity index is 2.02. The first-order chi connectivity index (χ1) is 8.97. The number of carbonyl (C=O) groups is 2. The lowest BCUT2D eigenvalue weighted by Gasteiger charge is -2.13. The maximum absolute atomic E-state index is 13.0. The number of amides is 1. The molecule has 0 aromatic heterocycles. The summed E-state index contributed by atoms with van der Waals surface area (Å²) in [6, 6.07) is 2.87. The van der Waals surface area contributed by atoms with Crippen LogP contribution in [0.5, 0.6) is 5.75 Å². The van der Waals surface area contributed by atoms with E-state index in [0.717, 1.165) is 18.2 Å². The molecule has 0 bridgehead atoms. The largest absolute Gasteiger partial charge is 0.507 e. The number of phenolic OH excluding ortho intramolecular Hbond substituents is 1. The lowest BCUT2D eigenvalue weighted by atomic mass is 10.1. The summed E-state index contributed by atoms with van der Waals surface area (Å²) in [7, 11) is 0. The van der Waals surface area contributed by atoms with E-state index in [0.29, 0.717) is 19.3 Å². The van der Waals surface area contributed by atoms with Crippen molar-refractivity contribution in [3.05, 3.63) is 29.6 Å². The smallest absolute Gasteiger partial charge is 0.306 e. The molecule has 0 spiro atoms. The van der Waals surface area contributed by atoms with Crippen LogP contribution < -0.4 is 5.32 Å². The second-order valence-corrected chi connectivity index (χ2v) is 4.68. The van der Waals surface area contributed by atoms with Gasteiger partial charge in [-0.1, -0.05) is 0 Å². The zero-order valence-corrected chi connectivity index (χ0v) is 10.1. The van der Waals surface area contributed by atoms with E-state index in [1.165, 1.54) is 0 Å². The van der Waals surface area contributed by atoms with Crippen molar-refractivity contribution in [1.82, 2.24) is 5.32 Å². The fraction of sp³-hybridized carbons (Fsp3) is 0.385. The second kappa shape index (κ2) is 5.26. The molecule has 19 heavy (non-hydrogen) atoms. The van der Waals surface area contributed by atoms with E-state index in [1.54, 1.807) is 0 Å². The fourth-order valence-corrected chi connectivity index (χ4v) is 2.29. The maximum atomic E-state index is 13.0. The molecule has 1 fully saturated rings. The summed E-state index contributed by atoms with van der Waals surface area (Å²) < 4.78 is 13.0. The van der Waals surface area contributed by atoms with E-state index in [2.05, 4.69) is 5.32 Å². The van der Waals surface area contributed by atoms with Crippen molar-refractivity contribution in [1.29, 1.82) is 0 Å². The Morgan fingerprint density at radius 1 is 1.32 bits per heavy atom.